The third-order valence-electron chi connectivity index (χ3n) is 3.41. The SMILES string of the molecule is Oc1ccc(CCc2nnc3n2CCSCC3)cc1. The first kappa shape index (κ1) is 12.5. The fourth-order valence-corrected chi connectivity index (χ4v) is 3.18. The number of aromatic hydroxyl groups is 1. The number of fused-ring (bicyclic) bond motifs is 1. The Bertz CT molecular complexity index is 550. The lowest BCUT2D eigenvalue weighted by Crippen LogP contribution is -2.08. The second kappa shape index (κ2) is 5.65. The maximum absolute atomic E-state index is 9.27. The van der Waals surface area contributed by atoms with E-state index in [-0.39, 0.29) is 0 Å². The van der Waals surface area contributed by atoms with Crippen LogP contribution in [0.15, 0.2) is 24.3 Å². The first-order chi connectivity index (χ1) is 9.33. The van der Waals surface area contributed by atoms with Crippen LogP contribution >= 0.6 is 11.8 Å². The predicted molar refractivity (Wildman–Crippen MR) is 76.6 cm³/mol. The molecule has 19 heavy (non-hydrogen) atoms. The van der Waals surface area contributed by atoms with Crippen LogP contribution in [0.3, 0.4) is 0 Å². The van der Waals surface area contributed by atoms with Crippen LogP contribution in [0.1, 0.15) is 17.2 Å². The molecule has 1 aromatic carbocycles. The summed E-state index contributed by atoms with van der Waals surface area (Å²) < 4.78 is 2.28. The Kier molecular flexibility index (Phi) is 3.73. The summed E-state index contributed by atoms with van der Waals surface area (Å²) in [5, 5.41) is 17.9. The Labute approximate surface area is 116 Å². The largest absolute Gasteiger partial charge is 0.508 e. The Morgan fingerprint density at radius 1 is 1.11 bits per heavy atom. The van der Waals surface area contributed by atoms with Crippen molar-refractivity contribution in [2.75, 3.05) is 11.5 Å². The van der Waals surface area contributed by atoms with E-state index in [1.807, 2.05) is 23.9 Å². The van der Waals surface area contributed by atoms with E-state index in [1.165, 1.54) is 5.56 Å². The van der Waals surface area contributed by atoms with Crippen molar-refractivity contribution in [1.29, 1.82) is 0 Å². The summed E-state index contributed by atoms with van der Waals surface area (Å²) in [6.45, 7) is 1.03. The second-order valence-corrected chi connectivity index (χ2v) is 5.94. The van der Waals surface area contributed by atoms with Crippen LogP contribution in [-0.4, -0.2) is 31.4 Å². The number of rotatable bonds is 3. The third kappa shape index (κ3) is 2.92. The van der Waals surface area contributed by atoms with Crippen molar-refractivity contribution in [3.8, 4) is 5.75 Å². The predicted octanol–water partition coefficient (Wildman–Crippen LogP) is 2.06. The van der Waals surface area contributed by atoms with Crippen LogP contribution in [0.25, 0.3) is 0 Å². The quantitative estimate of drug-likeness (QED) is 0.931. The van der Waals surface area contributed by atoms with Gasteiger partial charge in [-0.1, -0.05) is 12.1 Å². The summed E-state index contributed by atoms with van der Waals surface area (Å²) in [6, 6.07) is 7.39. The van der Waals surface area contributed by atoms with Crippen LogP contribution in [-0.2, 0) is 25.8 Å². The first-order valence-corrected chi connectivity index (χ1v) is 7.75. The van der Waals surface area contributed by atoms with E-state index in [9.17, 15) is 5.11 Å². The molecule has 3 rings (SSSR count). The number of hydrogen-bond donors (Lipinski definition) is 1. The number of nitrogens with zero attached hydrogens (tertiary/aromatic N) is 3. The molecule has 0 spiro atoms. The maximum atomic E-state index is 9.27. The molecule has 0 aliphatic carbocycles. The Morgan fingerprint density at radius 3 is 2.79 bits per heavy atom. The Morgan fingerprint density at radius 2 is 1.95 bits per heavy atom. The molecule has 0 atom stereocenters. The third-order valence-corrected chi connectivity index (χ3v) is 4.37. The lowest BCUT2D eigenvalue weighted by molar-refractivity contribution is 0.475. The molecule has 0 unspecified atom stereocenters. The fourth-order valence-electron chi connectivity index (χ4n) is 2.34. The van der Waals surface area contributed by atoms with Gasteiger partial charge in [-0.15, -0.1) is 10.2 Å². The molecule has 0 bridgehead atoms. The number of hydrogen-bond acceptors (Lipinski definition) is 4. The highest BCUT2D eigenvalue weighted by Crippen LogP contribution is 2.16. The van der Waals surface area contributed by atoms with Gasteiger partial charge in [-0.2, -0.15) is 11.8 Å². The Hall–Kier alpha value is -1.49. The second-order valence-electron chi connectivity index (χ2n) is 4.71. The summed E-state index contributed by atoms with van der Waals surface area (Å²) in [5.74, 6) is 4.83. The van der Waals surface area contributed by atoms with Crippen molar-refractivity contribution in [2.24, 2.45) is 0 Å². The van der Waals surface area contributed by atoms with Crippen molar-refractivity contribution in [1.82, 2.24) is 14.8 Å². The summed E-state index contributed by atoms with van der Waals surface area (Å²) in [5.41, 5.74) is 1.22. The first-order valence-electron chi connectivity index (χ1n) is 6.59. The van der Waals surface area contributed by atoms with Crippen molar-refractivity contribution in [2.45, 2.75) is 25.8 Å². The van der Waals surface area contributed by atoms with E-state index in [0.717, 1.165) is 49.0 Å². The van der Waals surface area contributed by atoms with Gasteiger partial charge in [0, 0.05) is 30.9 Å². The van der Waals surface area contributed by atoms with E-state index >= 15 is 0 Å². The van der Waals surface area contributed by atoms with Crippen LogP contribution in [0.5, 0.6) is 5.75 Å². The monoisotopic (exact) mass is 275 g/mol. The van der Waals surface area contributed by atoms with Gasteiger partial charge in [0.05, 0.1) is 0 Å². The smallest absolute Gasteiger partial charge is 0.133 e. The minimum Gasteiger partial charge on any atom is -0.508 e. The number of phenols is 1. The zero-order valence-corrected chi connectivity index (χ0v) is 11.6. The van der Waals surface area contributed by atoms with Crippen molar-refractivity contribution in [3.63, 3.8) is 0 Å². The lowest BCUT2D eigenvalue weighted by Gasteiger charge is -2.06. The number of aryl methyl sites for hydroxylation is 3. The zero-order chi connectivity index (χ0) is 13.1. The lowest BCUT2D eigenvalue weighted by atomic mass is 10.1. The van der Waals surface area contributed by atoms with E-state index in [0.29, 0.717) is 5.75 Å². The van der Waals surface area contributed by atoms with Crippen LogP contribution < -0.4 is 0 Å². The highest BCUT2D eigenvalue weighted by Gasteiger charge is 2.14. The molecule has 0 radical (unpaired) electrons. The molecular weight excluding hydrogens is 258 g/mol. The summed E-state index contributed by atoms with van der Waals surface area (Å²) in [6.07, 6.45) is 2.87. The molecule has 2 aromatic rings. The van der Waals surface area contributed by atoms with E-state index in [1.54, 1.807) is 12.1 Å². The van der Waals surface area contributed by atoms with Gasteiger partial charge >= 0.3 is 0 Å². The molecule has 1 aliphatic rings. The van der Waals surface area contributed by atoms with Gasteiger partial charge in [0.2, 0.25) is 0 Å². The standard InChI is InChI=1S/C14H17N3OS/c18-12-4-1-11(2-5-12)3-6-13-15-16-14-7-9-19-10-8-17(13)14/h1-2,4-5,18H,3,6-10H2. The van der Waals surface area contributed by atoms with Gasteiger partial charge in [0.1, 0.15) is 17.4 Å². The molecule has 5 heteroatoms. The highest BCUT2D eigenvalue weighted by molar-refractivity contribution is 7.99. The minimum absolute atomic E-state index is 0.317. The molecule has 0 saturated heterocycles. The molecule has 1 aromatic heterocycles. The number of thioether (sulfide) groups is 1. The fraction of sp³-hybridized carbons (Fsp3) is 0.429. The topological polar surface area (TPSA) is 50.9 Å². The number of aromatic nitrogens is 3. The number of phenolic OH excluding ortho intramolecular Hbond substituents is 1. The van der Waals surface area contributed by atoms with Gasteiger partial charge in [0.25, 0.3) is 0 Å². The van der Waals surface area contributed by atoms with Gasteiger partial charge in [-0.3, -0.25) is 0 Å². The van der Waals surface area contributed by atoms with Crippen LogP contribution in [0.4, 0.5) is 0 Å². The maximum Gasteiger partial charge on any atom is 0.133 e. The summed E-state index contributed by atoms with van der Waals surface area (Å²) >= 11 is 1.99. The van der Waals surface area contributed by atoms with Gasteiger partial charge in [0.15, 0.2) is 0 Å². The van der Waals surface area contributed by atoms with E-state index in [4.69, 9.17) is 0 Å². The number of benzene rings is 1. The molecule has 0 saturated carbocycles. The molecular formula is C14H17N3OS. The average Bonchev–Trinajstić information content (AvgIpc) is 2.66. The summed E-state index contributed by atoms with van der Waals surface area (Å²) in [4.78, 5) is 0. The molecule has 0 fully saturated rings. The van der Waals surface area contributed by atoms with Gasteiger partial charge in [-0.25, -0.2) is 0 Å². The normalized spacial score (nSPS) is 14.9. The van der Waals surface area contributed by atoms with Crippen LogP contribution in [0.2, 0.25) is 0 Å². The zero-order valence-electron chi connectivity index (χ0n) is 10.7. The highest BCUT2D eigenvalue weighted by atomic mass is 32.2. The molecule has 4 nitrogen and oxygen atoms in total. The molecule has 1 aliphatic heterocycles. The van der Waals surface area contributed by atoms with Crippen molar-refractivity contribution in [3.05, 3.63) is 41.5 Å². The average molecular weight is 275 g/mol. The van der Waals surface area contributed by atoms with Crippen molar-refractivity contribution >= 4 is 11.8 Å². The molecule has 1 N–H and O–H groups in total. The Balaban J connectivity index is 1.70. The molecule has 0 amide bonds. The van der Waals surface area contributed by atoms with Gasteiger partial charge in [-0.05, 0) is 24.1 Å². The van der Waals surface area contributed by atoms with Crippen LogP contribution in [0, 0.1) is 0 Å². The van der Waals surface area contributed by atoms with E-state index in [2.05, 4.69) is 14.8 Å². The molecule has 100 valence electrons. The van der Waals surface area contributed by atoms with Crippen molar-refractivity contribution < 1.29 is 5.11 Å². The summed E-state index contributed by atoms with van der Waals surface area (Å²) in [7, 11) is 0. The molecule has 2 heterocycles. The van der Waals surface area contributed by atoms with E-state index < -0.39 is 0 Å². The minimum atomic E-state index is 0.317. The van der Waals surface area contributed by atoms with Gasteiger partial charge < -0.3 is 9.67 Å².